The van der Waals surface area contributed by atoms with Crippen molar-refractivity contribution in [2.75, 3.05) is 5.75 Å². The number of rotatable bonds is 5. The lowest BCUT2D eigenvalue weighted by Gasteiger charge is -2.05. The van der Waals surface area contributed by atoms with Gasteiger partial charge in [0.25, 0.3) is 0 Å². The summed E-state index contributed by atoms with van der Waals surface area (Å²) in [5.41, 5.74) is 2.18. The molecule has 0 amide bonds. The first-order chi connectivity index (χ1) is 13.4. The highest BCUT2D eigenvalue weighted by atomic mass is 32.2. The highest BCUT2D eigenvalue weighted by molar-refractivity contribution is 7.99. The molecule has 4 nitrogen and oxygen atoms in total. The van der Waals surface area contributed by atoms with Gasteiger partial charge in [-0.25, -0.2) is 8.42 Å². The average molecular weight is 414 g/mol. The van der Waals surface area contributed by atoms with E-state index in [4.69, 9.17) is 0 Å². The first-order valence-electron chi connectivity index (χ1n) is 8.68. The van der Waals surface area contributed by atoms with Crippen LogP contribution < -0.4 is 4.57 Å². The zero-order valence-electron chi connectivity index (χ0n) is 15.9. The molecule has 28 heavy (non-hydrogen) atoms. The summed E-state index contributed by atoms with van der Waals surface area (Å²) < 4.78 is 33.3. The second-order valence-electron chi connectivity index (χ2n) is 6.04. The third-order valence-electron chi connectivity index (χ3n) is 3.75. The molecule has 0 spiro atoms. The van der Waals surface area contributed by atoms with Gasteiger partial charge in [-0.3, -0.25) is 0 Å². The van der Waals surface area contributed by atoms with Crippen LogP contribution in [0.3, 0.4) is 0 Å². The average Bonchev–Trinajstić information content (AvgIpc) is 2.67. The summed E-state index contributed by atoms with van der Waals surface area (Å²) >= 11 is 1.84. The van der Waals surface area contributed by atoms with E-state index in [2.05, 4.69) is 66.4 Å². The first-order valence-corrected chi connectivity index (χ1v) is 11.1. The third-order valence-corrected chi connectivity index (χ3v) is 5.68. The molecule has 3 aromatic rings. The van der Waals surface area contributed by atoms with Crippen molar-refractivity contribution in [1.29, 1.82) is 0 Å². The Morgan fingerprint density at radius 3 is 2.21 bits per heavy atom. The SMILES string of the molecule is C[n+]1ccccc1SCC=Cc1ccccc1.Cc1ccc(S(=O)(=O)[O-])cc1. The van der Waals surface area contributed by atoms with Gasteiger partial charge >= 0.3 is 0 Å². The summed E-state index contributed by atoms with van der Waals surface area (Å²) in [6.45, 7) is 1.82. The molecule has 3 rings (SSSR count). The van der Waals surface area contributed by atoms with Crippen LogP contribution in [0.4, 0.5) is 0 Å². The number of hydrogen-bond donors (Lipinski definition) is 0. The second-order valence-corrected chi connectivity index (χ2v) is 8.46. The molecule has 1 aromatic heterocycles. The van der Waals surface area contributed by atoms with E-state index in [1.54, 1.807) is 12.1 Å². The minimum absolute atomic E-state index is 0.178. The van der Waals surface area contributed by atoms with E-state index in [1.165, 1.54) is 22.7 Å². The van der Waals surface area contributed by atoms with Gasteiger partial charge in [-0.15, -0.1) is 0 Å². The van der Waals surface area contributed by atoms with Crippen LogP contribution in [0.1, 0.15) is 11.1 Å². The molecule has 0 saturated carbocycles. The van der Waals surface area contributed by atoms with Crippen LogP contribution in [0, 0.1) is 6.92 Å². The zero-order chi connectivity index (χ0) is 20.4. The maximum absolute atomic E-state index is 10.4. The van der Waals surface area contributed by atoms with Gasteiger partial charge in [0, 0.05) is 17.9 Å². The number of benzene rings is 2. The third kappa shape index (κ3) is 7.68. The highest BCUT2D eigenvalue weighted by Crippen LogP contribution is 2.13. The Morgan fingerprint density at radius 1 is 0.964 bits per heavy atom. The van der Waals surface area contributed by atoms with Gasteiger partial charge in [0.2, 0.25) is 5.03 Å². The molecule has 0 aliphatic rings. The largest absolute Gasteiger partial charge is 0.744 e. The van der Waals surface area contributed by atoms with E-state index < -0.39 is 10.1 Å². The van der Waals surface area contributed by atoms with Crippen LogP contribution in [0.2, 0.25) is 0 Å². The number of pyridine rings is 1. The van der Waals surface area contributed by atoms with E-state index in [1.807, 2.05) is 30.8 Å². The minimum atomic E-state index is -4.27. The maximum Gasteiger partial charge on any atom is 0.240 e. The fraction of sp³-hybridized carbons (Fsp3) is 0.136. The summed E-state index contributed by atoms with van der Waals surface area (Å²) in [6, 6.07) is 22.4. The lowest BCUT2D eigenvalue weighted by atomic mass is 10.2. The molecular formula is C22H23NO3S2. The Labute approximate surface area is 171 Å². The predicted molar refractivity (Wildman–Crippen MR) is 113 cm³/mol. The Kier molecular flexibility index (Phi) is 8.44. The van der Waals surface area contributed by atoms with E-state index in [0.717, 1.165) is 11.3 Å². The first kappa shape index (κ1) is 21.9. The van der Waals surface area contributed by atoms with Crippen LogP contribution in [-0.2, 0) is 17.2 Å². The van der Waals surface area contributed by atoms with Crippen molar-refractivity contribution in [2.45, 2.75) is 16.8 Å². The van der Waals surface area contributed by atoms with Crippen LogP contribution >= 0.6 is 11.8 Å². The fourth-order valence-corrected chi connectivity index (χ4v) is 3.52. The molecule has 0 saturated heterocycles. The quantitative estimate of drug-likeness (QED) is 0.357. The fourth-order valence-electron chi connectivity index (χ4n) is 2.24. The van der Waals surface area contributed by atoms with Gasteiger partial charge in [0.15, 0.2) is 6.20 Å². The van der Waals surface area contributed by atoms with Gasteiger partial charge in [0.05, 0.1) is 4.90 Å². The molecule has 0 aliphatic heterocycles. The highest BCUT2D eigenvalue weighted by Gasteiger charge is 2.02. The summed E-state index contributed by atoms with van der Waals surface area (Å²) in [6.07, 6.45) is 6.44. The predicted octanol–water partition coefficient (Wildman–Crippen LogP) is 4.22. The minimum Gasteiger partial charge on any atom is -0.744 e. The van der Waals surface area contributed by atoms with Crippen LogP contribution in [0.5, 0.6) is 0 Å². The lowest BCUT2D eigenvalue weighted by molar-refractivity contribution is -0.708. The normalized spacial score (nSPS) is 11.1. The number of nitrogens with zero attached hydrogens (tertiary/aromatic N) is 1. The van der Waals surface area contributed by atoms with Crippen molar-refractivity contribution in [3.63, 3.8) is 0 Å². The Bertz CT molecular complexity index is 999. The monoisotopic (exact) mass is 413 g/mol. The van der Waals surface area contributed by atoms with Crippen molar-refractivity contribution < 1.29 is 17.5 Å². The van der Waals surface area contributed by atoms with Gasteiger partial charge < -0.3 is 4.55 Å². The molecule has 0 radical (unpaired) electrons. The molecular weight excluding hydrogens is 390 g/mol. The molecule has 0 unspecified atom stereocenters. The molecule has 2 aromatic carbocycles. The number of aryl methyl sites for hydroxylation is 2. The topological polar surface area (TPSA) is 61.1 Å². The van der Waals surface area contributed by atoms with Gasteiger partial charge in [-0.1, -0.05) is 71.9 Å². The van der Waals surface area contributed by atoms with E-state index in [-0.39, 0.29) is 4.90 Å². The summed E-state index contributed by atoms with van der Waals surface area (Å²) in [4.78, 5) is -0.178. The van der Waals surface area contributed by atoms with Gasteiger partial charge in [0.1, 0.15) is 17.2 Å². The maximum atomic E-state index is 10.4. The zero-order valence-corrected chi connectivity index (χ0v) is 17.5. The van der Waals surface area contributed by atoms with E-state index in [0.29, 0.717) is 0 Å². The number of thioether (sulfide) groups is 1. The van der Waals surface area contributed by atoms with Gasteiger partial charge in [-0.2, -0.15) is 4.57 Å². The number of aromatic nitrogens is 1. The molecule has 146 valence electrons. The molecule has 0 atom stereocenters. The standard InChI is InChI=1S/C15H16NS.C7H8O3S/c1-16-12-6-5-11-15(16)17-13-7-10-14-8-3-2-4-9-14;1-6-2-4-7(5-3-6)11(8,9)10/h2-12H,13H2,1H3;2-5H,1H3,(H,8,9,10)/q+1;/p-1. The second kappa shape index (κ2) is 10.8. The summed E-state index contributed by atoms with van der Waals surface area (Å²) in [5.74, 6) is 0.993. The lowest BCUT2D eigenvalue weighted by Crippen LogP contribution is -2.29. The van der Waals surface area contributed by atoms with Crippen molar-refractivity contribution in [3.05, 3.63) is 96.2 Å². The van der Waals surface area contributed by atoms with E-state index in [9.17, 15) is 13.0 Å². The van der Waals surface area contributed by atoms with Crippen molar-refractivity contribution in [1.82, 2.24) is 0 Å². The number of hydrogen-bond acceptors (Lipinski definition) is 4. The van der Waals surface area contributed by atoms with Crippen molar-refractivity contribution in [2.24, 2.45) is 7.05 Å². The molecule has 0 bridgehead atoms. The van der Waals surface area contributed by atoms with Crippen LogP contribution in [0.15, 0.2) is 95.0 Å². The van der Waals surface area contributed by atoms with Crippen LogP contribution in [0.25, 0.3) is 6.08 Å². The Morgan fingerprint density at radius 2 is 1.61 bits per heavy atom. The molecule has 0 aliphatic carbocycles. The Balaban J connectivity index is 0.000000221. The molecule has 0 N–H and O–H groups in total. The molecule has 1 heterocycles. The van der Waals surface area contributed by atoms with E-state index >= 15 is 0 Å². The smallest absolute Gasteiger partial charge is 0.240 e. The van der Waals surface area contributed by atoms with Gasteiger partial charge in [-0.05, 0) is 30.7 Å². The summed E-state index contributed by atoms with van der Waals surface area (Å²) in [5, 5.41) is 1.28. The Hall–Kier alpha value is -2.41. The molecule has 6 heteroatoms. The van der Waals surface area contributed by atoms with Crippen LogP contribution in [-0.4, -0.2) is 18.7 Å². The molecule has 0 fully saturated rings. The summed E-state index contributed by atoms with van der Waals surface area (Å²) in [7, 11) is -2.20. The van der Waals surface area contributed by atoms with Crippen molar-refractivity contribution >= 4 is 28.0 Å². The van der Waals surface area contributed by atoms with Crippen molar-refractivity contribution in [3.8, 4) is 0 Å².